The lowest BCUT2D eigenvalue weighted by molar-refractivity contribution is 0.0599. The monoisotopic (exact) mass is 584 g/mol. The van der Waals surface area contributed by atoms with E-state index in [0.29, 0.717) is 30.8 Å². The number of carbonyl (C=O) groups is 2. The number of ether oxygens (including phenoxy) is 1. The van der Waals surface area contributed by atoms with Crippen LogP contribution in [-0.2, 0) is 11.2 Å². The van der Waals surface area contributed by atoms with Crippen LogP contribution < -0.4 is 15.5 Å². The number of rotatable bonds is 8. The van der Waals surface area contributed by atoms with Gasteiger partial charge in [0.1, 0.15) is 0 Å². The fraction of sp³-hybridized carbons (Fsp3) is 0.312. The number of amides is 1. The van der Waals surface area contributed by atoms with Crippen molar-refractivity contribution in [2.24, 2.45) is 0 Å². The molecule has 5 rings (SSSR count). The van der Waals surface area contributed by atoms with Crippen LogP contribution in [-0.4, -0.2) is 73.5 Å². The van der Waals surface area contributed by atoms with E-state index in [4.69, 9.17) is 19.8 Å². The topological polar surface area (TPSA) is 105 Å². The molecular formula is C32H36N6O3S. The van der Waals surface area contributed by atoms with Crippen molar-refractivity contribution in [3.63, 3.8) is 0 Å². The number of nitrogens with two attached hydrogens (primary N) is 1. The van der Waals surface area contributed by atoms with Crippen molar-refractivity contribution in [2.45, 2.75) is 18.8 Å². The first-order valence-corrected chi connectivity index (χ1v) is 14.8. The van der Waals surface area contributed by atoms with Gasteiger partial charge in [-0.1, -0.05) is 24.3 Å². The van der Waals surface area contributed by atoms with Gasteiger partial charge in [0.25, 0.3) is 5.91 Å². The summed E-state index contributed by atoms with van der Waals surface area (Å²) in [6.07, 6.45) is 1.59. The van der Waals surface area contributed by atoms with E-state index in [9.17, 15) is 9.59 Å². The van der Waals surface area contributed by atoms with Gasteiger partial charge in [0.05, 0.1) is 12.7 Å². The molecule has 3 aromatic carbocycles. The second-order valence-corrected chi connectivity index (χ2v) is 11.4. The zero-order chi connectivity index (χ0) is 29.6. The highest BCUT2D eigenvalue weighted by Crippen LogP contribution is 2.31. The standard InChI is InChI=1S/C32H36N6O3S/c1-36(2)27-15-5-22(6-16-27)21-28(23-11-13-26(33)14-12-23)29-34-32(42-35-29)38-18-4-17-37(19-20-38)30(39)24-7-9-25(10-8-24)31(40)41-3/h5-16,28H,4,17-21,33H2,1-3H3. The summed E-state index contributed by atoms with van der Waals surface area (Å²) in [4.78, 5) is 36.1. The Hall–Kier alpha value is -4.44. The van der Waals surface area contributed by atoms with Crippen LogP contribution in [0.5, 0.6) is 0 Å². The molecule has 0 spiro atoms. The van der Waals surface area contributed by atoms with Gasteiger partial charge in [0.2, 0.25) is 5.13 Å². The molecule has 42 heavy (non-hydrogen) atoms. The average Bonchev–Trinajstić information content (AvgIpc) is 3.37. The molecule has 1 atom stereocenters. The van der Waals surface area contributed by atoms with Crippen molar-refractivity contribution < 1.29 is 14.3 Å². The highest BCUT2D eigenvalue weighted by atomic mass is 32.1. The van der Waals surface area contributed by atoms with Crippen molar-refractivity contribution in [3.05, 3.63) is 101 Å². The molecule has 0 aliphatic carbocycles. The van der Waals surface area contributed by atoms with Gasteiger partial charge in [-0.25, -0.2) is 9.78 Å². The highest BCUT2D eigenvalue weighted by Gasteiger charge is 2.25. The molecule has 1 aliphatic rings. The first kappa shape index (κ1) is 29.1. The molecule has 9 nitrogen and oxygen atoms in total. The van der Waals surface area contributed by atoms with E-state index in [-0.39, 0.29) is 11.8 Å². The minimum atomic E-state index is -0.420. The number of carbonyl (C=O) groups excluding carboxylic acids is 2. The molecule has 218 valence electrons. The highest BCUT2D eigenvalue weighted by molar-refractivity contribution is 7.09. The van der Waals surface area contributed by atoms with Gasteiger partial charge in [-0.2, -0.15) is 4.37 Å². The lowest BCUT2D eigenvalue weighted by Crippen LogP contribution is -2.35. The number of hydrogen-bond donors (Lipinski definition) is 1. The van der Waals surface area contributed by atoms with Crippen LogP contribution in [0.4, 0.5) is 16.5 Å². The van der Waals surface area contributed by atoms with Crippen LogP contribution >= 0.6 is 11.5 Å². The van der Waals surface area contributed by atoms with Gasteiger partial charge < -0.3 is 25.2 Å². The molecule has 1 aromatic heterocycles. The normalized spacial score (nSPS) is 14.3. The second kappa shape index (κ2) is 13.0. The van der Waals surface area contributed by atoms with Gasteiger partial charge in [-0.3, -0.25) is 4.79 Å². The summed E-state index contributed by atoms with van der Waals surface area (Å²) >= 11 is 1.41. The number of benzene rings is 3. The largest absolute Gasteiger partial charge is 0.465 e. The zero-order valence-corrected chi connectivity index (χ0v) is 25.0. The minimum absolute atomic E-state index is 0.0150. The van der Waals surface area contributed by atoms with Crippen LogP contribution in [0.3, 0.4) is 0 Å². The van der Waals surface area contributed by atoms with Crippen LogP contribution in [0, 0.1) is 0 Å². The second-order valence-electron chi connectivity index (χ2n) is 10.6. The number of nitrogen functional groups attached to an aromatic ring is 1. The number of nitrogens with zero attached hydrogens (tertiary/aromatic N) is 5. The first-order chi connectivity index (χ1) is 20.3. The van der Waals surface area contributed by atoms with Crippen molar-refractivity contribution in [1.82, 2.24) is 14.3 Å². The maximum Gasteiger partial charge on any atom is 0.337 e. The Kier molecular flexibility index (Phi) is 9.02. The Morgan fingerprint density at radius 2 is 1.62 bits per heavy atom. The van der Waals surface area contributed by atoms with E-state index in [1.807, 2.05) is 31.1 Å². The van der Waals surface area contributed by atoms with E-state index in [2.05, 4.69) is 46.2 Å². The predicted molar refractivity (Wildman–Crippen MR) is 168 cm³/mol. The van der Waals surface area contributed by atoms with Crippen molar-refractivity contribution in [2.75, 3.05) is 62.9 Å². The van der Waals surface area contributed by atoms with Gasteiger partial charge >= 0.3 is 5.97 Å². The van der Waals surface area contributed by atoms with Gasteiger partial charge in [0.15, 0.2) is 5.82 Å². The average molecular weight is 585 g/mol. The molecular weight excluding hydrogens is 548 g/mol. The summed E-state index contributed by atoms with van der Waals surface area (Å²) in [6.45, 7) is 2.68. The Morgan fingerprint density at radius 3 is 2.29 bits per heavy atom. The zero-order valence-electron chi connectivity index (χ0n) is 24.2. The summed E-state index contributed by atoms with van der Waals surface area (Å²) in [5, 5.41) is 0.866. The molecule has 2 heterocycles. The molecule has 0 saturated carbocycles. The summed E-state index contributed by atoms with van der Waals surface area (Å²) in [5.74, 6) is 0.310. The lowest BCUT2D eigenvalue weighted by Gasteiger charge is -2.21. The predicted octanol–water partition coefficient (Wildman–Crippen LogP) is 4.70. The van der Waals surface area contributed by atoms with Crippen molar-refractivity contribution in [3.8, 4) is 0 Å². The lowest BCUT2D eigenvalue weighted by atomic mass is 9.91. The first-order valence-electron chi connectivity index (χ1n) is 14.0. The van der Waals surface area contributed by atoms with Crippen molar-refractivity contribution in [1.29, 1.82) is 0 Å². The number of esters is 1. The molecule has 4 aromatic rings. The van der Waals surface area contributed by atoms with Crippen LogP contribution in [0.2, 0.25) is 0 Å². The van der Waals surface area contributed by atoms with Gasteiger partial charge in [0, 0.05) is 74.7 Å². The fourth-order valence-corrected chi connectivity index (χ4v) is 5.89. The third kappa shape index (κ3) is 6.71. The molecule has 1 amide bonds. The number of anilines is 3. The third-order valence-electron chi connectivity index (χ3n) is 7.58. The molecule has 1 unspecified atom stereocenters. The SMILES string of the molecule is COC(=O)c1ccc(C(=O)N2CCCN(c3nc(C(Cc4ccc(N(C)C)cc4)c4ccc(N)cc4)ns3)CC2)cc1. The molecule has 0 bridgehead atoms. The Labute approximate surface area is 250 Å². The quantitative estimate of drug-likeness (QED) is 0.235. The van der Waals surface area contributed by atoms with Crippen molar-refractivity contribution >= 4 is 39.9 Å². The van der Waals surface area contributed by atoms with Gasteiger partial charge in [-0.05, 0) is 72.5 Å². The molecule has 2 N–H and O–H groups in total. The molecule has 10 heteroatoms. The van der Waals surface area contributed by atoms with Crippen LogP contribution in [0.1, 0.15) is 50.0 Å². The molecule has 1 saturated heterocycles. The van der Waals surface area contributed by atoms with E-state index >= 15 is 0 Å². The minimum Gasteiger partial charge on any atom is -0.465 e. The van der Waals surface area contributed by atoms with E-state index in [1.165, 1.54) is 24.2 Å². The number of hydrogen-bond acceptors (Lipinski definition) is 9. The van der Waals surface area contributed by atoms with E-state index in [0.717, 1.165) is 47.3 Å². The fourth-order valence-electron chi connectivity index (χ4n) is 5.11. The summed E-state index contributed by atoms with van der Waals surface area (Å²) in [5.41, 5.74) is 11.2. The smallest absolute Gasteiger partial charge is 0.337 e. The number of aromatic nitrogens is 2. The molecule has 0 radical (unpaired) electrons. The Bertz CT molecular complexity index is 1500. The van der Waals surface area contributed by atoms with Crippen LogP contribution in [0.15, 0.2) is 72.8 Å². The summed E-state index contributed by atoms with van der Waals surface area (Å²) < 4.78 is 9.58. The summed E-state index contributed by atoms with van der Waals surface area (Å²) in [7, 11) is 5.41. The summed E-state index contributed by atoms with van der Waals surface area (Å²) in [6, 6.07) is 23.2. The molecule has 1 aliphatic heterocycles. The van der Waals surface area contributed by atoms with E-state index in [1.54, 1.807) is 24.3 Å². The maximum atomic E-state index is 13.2. The van der Waals surface area contributed by atoms with Crippen LogP contribution in [0.25, 0.3) is 0 Å². The third-order valence-corrected chi connectivity index (χ3v) is 8.37. The molecule has 1 fully saturated rings. The van der Waals surface area contributed by atoms with E-state index < -0.39 is 5.97 Å². The Balaban J connectivity index is 1.30. The van der Waals surface area contributed by atoms with Gasteiger partial charge in [-0.15, -0.1) is 0 Å². The Morgan fingerprint density at radius 1 is 0.929 bits per heavy atom. The maximum absolute atomic E-state index is 13.2. The number of methoxy groups -OCH3 is 1.